The van der Waals surface area contributed by atoms with Gasteiger partial charge in [-0.3, -0.25) is 0 Å². The van der Waals surface area contributed by atoms with E-state index in [1.807, 2.05) is 24.3 Å². The largest absolute Gasteiger partial charge is 0.494 e. The summed E-state index contributed by atoms with van der Waals surface area (Å²) < 4.78 is 17.0. The topological polar surface area (TPSA) is 60.6 Å². The molecule has 272 valence electrons. The van der Waals surface area contributed by atoms with Crippen LogP contribution in [0.5, 0.6) is 11.5 Å². The maximum absolute atomic E-state index is 6.20. The van der Waals surface area contributed by atoms with Gasteiger partial charge in [-0.2, -0.15) is 0 Å². The molecule has 2 aromatic heterocycles. The minimum Gasteiger partial charge on any atom is -0.494 e. The minimum atomic E-state index is 0.684. The first kappa shape index (κ1) is 36.9. The van der Waals surface area contributed by atoms with Crippen molar-refractivity contribution in [3.63, 3.8) is 0 Å². The molecule has 0 radical (unpaired) electrons. The second kappa shape index (κ2) is 18.5. The fourth-order valence-electron chi connectivity index (χ4n) is 6.81. The van der Waals surface area contributed by atoms with Crippen LogP contribution < -0.4 is 9.47 Å². The summed E-state index contributed by atoms with van der Waals surface area (Å²) in [5, 5.41) is 0. The van der Waals surface area contributed by atoms with Crippen molar-refractivity contribution in [2.75, 3.05) is 52.5 Å². The van der Waals surface area contributed by atoms with E-state index in [0.29, 0.717) is 26.3 Å². The molecular weight excluding hydrogens is 645 g/mol. The zero-order valence-corrected chi connectivity index (χ0v) is 31.4. The predicted octanol–water partition coefficient (Wildman–Crippen LogP) is 9.20. The lowest BCUT2D eigenvalue weighted by molar-refractivity contribution is 0.249. The molecule has 0 atom stereocenters. The summed E-state index contributed by atoms with van der Waals surface area (Å²) in [6, 6.07) is 33.4. The molecular formula is C44H54N6O2. The van der Waals surface area contributed by atoms with Gasteiger partial charge in [0.25, 0.3) is 0 Å². The summed E-state index contributed by atoms with van der Waals surface area (Å²) in [5.74, 6) is 3.61. The van der Waals surface area contributed by atoms with Gasteiger partial charge in [0.2, 0.25) is 0 Å². The Morgan fingerprint density at radius 3 is 1.38 bits per heavy atom. The van der Waals surface area contributed by atoms with Crippen molar-refractivity contribution in [1.29, 1.82) is 0 Å². The SMILES string of the molecule is CCN(CC)CCCOc1cccc(-c2nc3ccccc3n2CC=CCn2c(-c3cccc(OCCCN(CC)CC)c3)nc3ccccc32)c1. The van der Waals surface area contributed by atoms with Gasteiger partial charge in [-0.05, 0) is 87.6 Å². The van der Waals surface area contributed by atoms with Gasteiger partial charge < -0.3 is 28.4 Å². The van der Waals surface area contributed by atoms with Crippen molar-refractivity contribution >= 4 is 22.1 Å². The highest BCUT2D eigenvalue weighted by molar-refractivity contribution is 5.82. The van der Waals surface area contributed by atoms with Crippen LogP contribution in [0.25, 0.3) is 44.8 Å². The summed E-state index contributed by atoms with van der Waals surface area (Å²) in [6.07, 6.45) is 6.47. The number of hydrogen-bond donors (Lipinski definition) is 0. The zero-order valence-electron chi connectivity index (χ0n) is 31.4. The number of fused-ring (bicyclic) bond motifs is 2. The molecule has 0 fully saturated rings. The van der Waals surface area contributed by atoms with E-state index >= 15 is 0 Å². The maximum atomic E-state index is 6.20. The molecule has 0 saturated heterocycles. The number of rotatable bonds is 20. The maximum Gasteiger partial charge on any atom is 0.141 e. The standard InChI is InChI=1S/C44H54N6O2/c1-5-47(6-2)27-17-31-51-37-21-15-19-35(33-37)43-45-39-23-9-11-25-41(39)49(43)29-13-14-30-50-42-26-12-10-24-40(42)46-44(50)36-20-16-22-38(34-36)52-32-18-28-48(7-3)8-4/h9-16,19-26,33-34H,5-8,17-18,27-32H2,1-4H3. The minimum absolute atomic E-state index is 0.684. The molecule has 6 aromatic rings. The van der Waals surface area contributed by atoms with E-state index in [2.05, 4.69) is 132 Å². The molecule has 0 saturated carbocycles. The first-order chi connectivity index (χ1) is 25.6. The van der Waals surface area contributed by atoms with Crippen molar-refractivity contribution in [3.8, 4) is 34.3 Å². The molecule has 0 unspecified atom stereocenters. The lowest BCUT2D eigenvalue weighted by atomic mass is 10.2. The second-order valence-electron chi connectivity index (χ2n) is 13.1. The van der Waals surface area contributed by atoms with Crippen molar-refractivity contribution in [2.45, 2.75) is 53.6 Å². The molecule has 0 spiro atoms. The highest BCUT2D eigenvalue weighted by Gasteiger charge is 2.15. The van der Waals surface area contributed by atoms with E-state index in [4.69, 9.17) is 19.4 Å². The van der Waals surface area contributed by atoms with E-state index in [9.17, 15) is 0 Å². The highest BCUT2D eigenvalue weighted by atomic mass is 16.5. The Balaban J connectivity index is 1.19. The number of aromatic nitrogens is 4. The van der Waals surface area contributed by atoms with Gasteiger partial charge in [0.05, 0.1) is 35.3 Å². The predicted molar refractivity (Wildman–Crippen MR) is 215 cm³/mol. The Kier molecular flexibility index (Phi) is 13.1. The summed E-state index contributed by atoms with van der Waals surface area (Å²) in [5.41, 5.74) is 6.27. The third-order valence-corrected chi connectivity index (χ3v) is 9.80. The van der Waals surface area contributed by atoms with Gasteiger partial charge in [0.1, 0.15) is 23.1 Å². The fourth-order valence-corrected chi connectivity index (χ4v) is 6.81. The van der Waals surface area contributed by atoms with Gasteiger partial charge in [-0.15, -0.1) is 0 Å². The average molecular weight is 699 g/mol. The molecule has 0 aliphatic carbocycles. The molecule has 8 nitrogen and oxygen atoms in total. The molecule has 8 heteroatoms. The van der Waals surface area contributed by atoms with Crippen LogP contribution in [0.15, 0.2) is 109 Å². The molecule has 6 rings (SSSR count). The van der Waals surface area contributed by atoms with Crippen LogP contribution in [-0.4, -0.2) is 81.4 Å². The van der Waals surface area contributed by atoms with Crippen molar-refractivity contribution in [3.05, 3.63) is 109 Å². The van der Waals surface area contributed by atoms with E-state index in [1.165, 1.54) is 0 Å². The van der Waals surface area contributed by atoms with Gasteiger partial charge in [0.15, 0.2) is 0 Å². The molecule has 2 heterocycles. The zero-order chi connectivity index (χ0) is 36.1. The quantitative estimate of drug-likeness (QED) is 0.0586. The molecule has 4 aromatic carbocycles. The van der Waals surface area contributed by atoms with Crippen LogP contribution in [-0.2, 0) is 13.1 Å². The molecule has 0 amide bonds. The average Bonchev–Trinajstić information content (AvgIpc) is 3.75. The van der Waals surface area contributed by atoms with Gasteiger partial charge in [-0.1, -0.05) is 88.4 Å². The number of nitrogens with zero attached hydrogens (tertiary/aromatic N) is 6. The van der Waals surface area contributed by atoms with Crippen LogP contribution in [0.4, 0.5) is 0 Å². The molecule has 0 aliphatic rings. The third kappa shape index (κ3) is 9.11. The highest BCUT2D eigenvalue weighted by Crippen LogP contribution is 2.29. The first-order valence-electron chi connectivity index (χ1n) is 19.1. The fraction of sp³-hybridized carbons (Fsp3) is 0.364. The third-order valence-electron chi connectivity index (χ3n) is 9.80. The first-order valence-corrected chi connectivity index (χ1v) is 19.1. The molecule has 52 heavy (non-hydrogen) atoms. The number of para-hydroxylation sites is 4. The molecule has 0 aliphatic heterocycles. The monoisotopic (exact) mass is 698 g/mol. The summed E-state index contributed by atoms with van der Waals surface area (Å²) in [4.78, 5) is 15.0. The summed E-state index contributed by atoms with van der Waals surface area (Å²) in [7, 11) is 0. The second-order valence-corrected chi connectivity index (χ2v) is 13.1. The van der Waals surface area contributed by atoms with Crippen LogP contribution in [0.2, 0.25) is 0 Å². The van der Waals surface area contributed by atoms with E-state index in [0.717, 1.165) is 108 Å². The van der Waals surface area contributed by atoms with Crippen molar-refractivity contribution in [1.82, 2.24) is 28.9 Å². The van der Waals surface area contributed by atoms with Gasteiger partial charge >= 0.3 is 0 Å². The number of hydrogen-bond acceptors (Lipinski definition) is 6. The van der Waals surface area contributed by atoms with Crippen molar-refractivity contribution in [2.24, 2.45) is 0 Å². The smallest absolute Gasteiger partial charge is 0.141 e. The Hall–Kier alpha value is -4.92. The Labute approximate surface area is 309 Å². The number of benzene rings is 4. The number of ether oxygens (including phenoxy) is 2. The van der Waals surface area contributed by atoms with Gasteiger partial charge in [0, 0.05) is 37.3 Å². The number of allylic oxidation sites excluding steroid dienone is 2. The van der Waals surface area contributed by atoms with E-state index in [1.54, 1.807) is 0 Å². The normalized spacial score (nSPS) is 11.9. The Morgan fingerprint density at radius 2 is 0.962 bits per heavy atom. The van der Waals surface area contributed by atoms with E-state index < -0.39 is 0 Å². The van der Waals surface area contributed by atoms with Crippen LogP contribution >= 0.6 is 0 Å². The Bertz CT molecular complexity index is 1890. The Morgan fingerprint density at radius 1 is 0.538 bits per heavy atom. The van der Waals surface area contributed by atoms with Crippen LogP contribution in [0.3, 0.4) is 0 Å². The molecule has 0 N–H and O–H groups in total. The summed E-state index contributed by atoms with van der Waals surface area (Å²) in [6.45, 7) is 17.9. The number of imidazole rings is 2. The lowest BCUT2D eigenvalue weighted by Crippen LogP contribution is -2.25. The van der Waals surface area contributed by atoms with Crippen LogP contribution in [0.1, 0.15) is 40.5 Å². The van der Waals surface area contributed by atoms with Crippen LogP contribution in [0, 0.1) is 0 Å². The lowest BCUT2D eigenvalue weighted by Gasteiger charge is -2.17. The van der Waals surface area contributed by atoms with Gasteiger partial charge in [-0.25, -0.2) is 9.97 Å². The summed E-state index contributed by atoms with van der Waals surface area (Å²) >= 11 is 0. The molecule has 0 bridgehead atoms. The van der Waals surface area contributed by atoms with Crippen molar-refractivity contribution < 1.29 is 9.47 Å². The van der Waals surface area contributed by atoms with E-state index in [-0.39, 0.29) is 0 Å².